The lowest BCUT2D eigenvalue weighted by Gasteiger charge is -2.21. The van der Waals surface area contributed by atoms with Gasteiger partial charge in [-0.05, 0) is 45.4 Å². The summed E-state index contributed by atoms with van der Waals surface area (Å²) in [7, 11) is 0. The maximum Gasteiger partial charge on any atom is 0.260 e. The molecule has 0 bridgehead atoms. The van der Waals surface area contributed by atoms with Gasteiger partial charge in [0.05, 0.1) is 26.4 Å². The van der Waals surface area contributed by atoms with Crippen LogP contribution in [0, 0.1) is 6.92 Å². The molecule has 2 aromatic carbocycles. The third-order valence-corrected chi connectivity index (χ3v) is 5.78. The van der Waals surface area contributed by atoms with Crippen LogP contribution in [0.1, 0.15) is 42.3 Å². The van der Waals surface area contributed by atoms with Crippen LogP contribution in [0.5, 0.6) is 17.2 Å². The van der Waals surface area contributed by atoms with Crippen molar-refractivity contribution >= 4 is 22.8 Å². The predicted octanol–water partition coefficient (Wildman–Crippen LogP) is 4.94. The maximum atomic E-state index is 13.4. The summed E-state index contributed by atoms with van der Waals surface area (Å²) < 4.78 is 17.3. The van der Waals surface area contributed by atoms with E-state index >= 15 is 0 Å². The Bertz CT molecular complexity index is 901. The minimum atomic E-state index is -0.113. The molecule has 6 nitrogen and oxygen atoms in total. The van der Waals surface area contributed by atoms with Gasteiger partial charge in [-0.1, -0.05) is 41.6 Å². The molecule has 7 heteroatoms. The number of thioether (sulfide) groups is 1. The molecule has 0 saturated heterocycles. The Labute approximate surface area is 188 Å². The lowest BCUT2D eigenvalue weighted by atomic mass is 10.1. The highest BCUT2D eigenvalue weighted by atomic mass is 32.2. The molecular weight excluding hydrogens is 412 g/mol. The summed E-state index contributed by atoms with van der Waals surface area (Å²) in [4.78, 5) is 19.7. The van der Waals surface area contributed by atoms with E-state index in [1.807, 2.05) is 20.8 Å². The molecular formula is C24H30N2O4S. The highest BCUT2D eigenvalue weighted by molar-refractivity contribution is 8.13. The largest absolute Gasteiger partial charge is 0.490 e. The van der Waals surface area contributed by atoms with Crippen LogP contribution >= 0.6 is 11.8 Å². The second-order valence-electron chi connectivity index (χ2n) is 7.00. The lowest BCUT2D eigenvalue weighted by Crippen LogP contribution is -2.33. The van der Waals surface area contributed by atoms with Crippen LogP contribution < -0.4 is 14.2 Å². The Morgan fingerprint density at radius 1 is 1.00 bits per heavy atom. The average Bonchev–Trinajstić information content (AvgIpc) is 3.24. The van der Waals surface area contributed by atoms with E-state index in [1.165, 1.54) is 11.1 Å². The zero-order valence-electron chi connectivity index (χ0n) is 18.6. The molecule has 3 rings (SSSR count). The summed E-state index contributed by atoms with van der Waals surface area (Å²) in [5.74, 6) is 2.22. The van der Waals surface area contributed by atoms with Gasteiger partial charge in [-0.3, -0.25) is 14.7 Å². The molecule has 0 fully saturated rings. The number of benzene rings is 2. The third kappa shape index (κ3) is 5.73. The van der Waals surface area contributed by atoms with Crippen molar-refractivity contribution in [2.75, 3.05) is 32.9 Å². The van der Waals surface area contributed by atoms with Crippen LogP contribution in [0.15, 0.2) is 41.4 Å². The Morgan fingerprint density at radius 3 is 2.19 bits per heavy atom. The highest BCUT2D eigenvalue weighted by Crippen LogP contribution is 2.39. The van der Waals surface area contributed by atoms with Gasteiger partial charge in [-0.2, -0.15) is 0 Å². The first-order valence-corrected chi connectivity index (χ1v) is 11.7. The molecule has 0 saturated carbocycles. The van der Waals surface area contributed by atoms with Gasteiger partial charge in [0.15, 0.2) is 16.7 Å². The van der Waals surface area contributed by atoms with E-state index in [2.05, 4.69) is 36.2 Å². The molecule has 0 aliphatic carbocycles. The number of carbonyl (C=O) groups is 1. The molecule has 2 aromatic rings. The molecule has 0 aromatic heterocycles. The Hall–Kier alpha value is -2.67. The van der Waals surface area contributed by atoms with E-state index in [-0.39, 0.29) is 5.91 Å². The summed E-state index contributed by atoms with van der Waals surface area (Å²) in [6, 6.07) is 11.9. The number of aliphatic imine (C=N–C) groups is 1. The highest BCUT2D eigenvalue weighted by Gasteiger charge is 2.27. The zero-order valence-corrected chi connectivity index (χ0v) is 19.5. The summed E-state index contributed by atoms with van der Waals surface area (Å²) in [6.45, 7) is 10.4. The molecule has 0 N–H and O–H groups in total. The van der Waals surface area contributed by atoms with Crippen molar-refractivity contribution in [3.8, 4) is 17.2 Å². The number of carbonyl (C=O) groups excluding carboxylic acids is 1. The van der Waals surface area contributed by atoms with Gasteiger partial charge < -0.3 is 14.2 Å². The van der Waals surface area contributed by atoms with Gasteiger partial charge in [-0.25, -0.2) is 0 Å². The summed E-state index contributed by atoms with van der Waals surface area (Å²) in [5, 5.41) is 0.746. The number of amides is 1. The second-order valence-corrected chi connectivity index (χ2v) is 7.94. The van der Waals surface area contributed by atoms with Crippen molar-refractivity contribution in [2.24, 2.45) is 4.99 Å². The van der Waals surface area contributed by atoms with Gasteiger partial charge in [-0.15, -0.1) is 0 Å². The number of nitrogens with zero attached hydrogens (tertiary/aromatic N) is 2. The van der Waals surface area contributed by atoms with E-state index in [4.69, 9.17) is 14.2 Å². The van der Waals surface area contributed by atoms with Crippen LogP contribution in [0.4, 0.5) is 0 Å². The minimum Gasteiger partial charge on any atom is -0.490 e. The second kappa shape index (κ2) is 11.1. The van der Waals surface area contributed by atoms with E-state index < -0.39 is 0 Å². The molecule has 1 aliphatic rings. The molecule has 1 heterocycles. The number of hydrogen-bond acceptors (Lipinski definition) is 6. The summed E-state index contributed by atoms with van der Waals surface area (Å²) in [6.07, 6.45) is 0. The molecule has 1 amide bonds. The monoisotopic (exact) mass is 442 g/mol. The van der Waals surface area contributed by atoms with Crippen LogP contribution in [0.25, 0.3) is 0 Å². The van der Waals surface area contributed by atoms with E-state index in [0.717, 1.165) is 10.9 Å². The van der Waals surface area contributed by atoms with Crippen LogP contribution in [-0.2, 0) is 5.75 Å². The fraction of sp³-hybridized carbons (Fsp3) is 0.417. The fourth-order valence-electron chi connectivity index (χ4n) is 3.24. The summed E-state index contributed by atoms with van der Waals surface area (Å²) in [5.41, 5.74) is 2.94. The van der Waals surface area contributed by atoms with Gasteiger partial charge in [0.25, 0.3) is 5.91 Å². The Balaban J connectivity index is 1.81. The van der Waals surface area contributed by atoms with Crippen LogP contribution in [-0.4, -0.2) is 48.9 Å². The van der Waals surface area contributed by atoms with Gasteiger partial charge in [0, 0.05) is 17.9 Å². The maximum absolute atomic E-state index is 13.4. The normalized spacial score (nSPS) is 13.2. The first kappa shape index (κ1) is 23.0. The molecule has 31 heavy (non-hydrogen) atoms. The third-order valence-electron chi connectivity index (χ3n) is 4.69. The summed E-state index contributed by atoms with van der Waals surface area (Å²) >= 11 is 1.58. The predicted molar refractivity (Wildman–Crippen MR) is 126 cm³/mol. The number of rotatable bonds is 9. The van der Waals surface area contributed by atoms with E-state index in [0.29, 0.717) is 55.7 Å². The Morgan fingerprint density at radius 2 is 1.61 bits per heavy atom. The van der Waals surface area contributed by atoms with Gasteiger partial charge >= 0.3 is 0 Å². The van der Waals surface area contributed by atoms with Crippen molar-refractivity contribution in [2.45, 2.75) is 33.4 Å². The number of ether oxygens (including phenoxy) is 3. The van der Waals surface area contributed by atoms with Gasteiger partial charge in [0.1, 0.15) is 0 Å². The molecule has 0 unspecified atom stereocenters. The number of hydrogen-bond donors (Lipinski definition) is 0. The van der Waals surface area contributed by atoms with Gasteiger partial charge in [0.2, 0.25) is 5.75 Å². The van der Waals surface area contributed by atoms with Crippen molar-refractivity contribution in [1.29, 1.82) is 0 Å². The first-order chi connectivity index (χ1) is 15.1. The van der Waals surface area contributed by atoms with Crippen molar-refractivity contribution in [3.05, 3.63) is 53.1 Å². The number of aryl methyl sites for hydroxylation is 1. The molecule has 0 atom stereocenters. The molecule has 166 valence electrons. The molecule has 0 spiro atoms. The first-order valence-electron chi connectivity index (χ1n) is 10.7. The lowest BCUT2D eigenvalue weighted by molar-refractivity contribution is 0.0859. The van der Waals surface area contributed by atoms with Crippen LogP contribution in [0.3, 0.4) is 0 Å². The van der Waals surface area contributed by atoms with E-state index in [9.17, 15) is 4.79 Å². The van der Waals surface area contributed by atoms with Crippen molar-refractivity contribution < 1.29 is 19.0 Å². The van der Waals surface area contributed by atoms with E-state index in [1.54, 1.807) is 28.8 Å². The molecule has 1 aliphatic heterocycles. The topological polar surface area (TPSA) is 60.4 Å². The van der Waals surface area contributed by atoms with Crippen molar-refractivity contribution in [3.63, 3.8) is 0 Å². The standard InChI is InChI=1S/C24H30N2O4S/c1-5-28-20-14-19(15-21(29-6-2)22(20)30-7-3)23(27)26-13-12-25-24(26)31-16-18-10-8-17(4)9-11-18/h8-11,14-15H,5-7,12-13,16H2,1-4H3. The quantitative estimate of drug-likeness (QED) is 0.551. The smallest absolute Gasteiger partial charge is 0.260 e. The fourth-order valence-corrected chi connectivity index (χ4v) is 4.24. The van der Waals surface area contributed by atoms with Crippen LogP contribution in [0.2, 0.25) is 0 Å². The average molecular weight is 443 g/mol. The minimum absolute atomic E-state index is 0.113. The molecule has 0 radical (unpaired) electrons. The van der Waals surface area contributed by atoms with Crippen molar-refractivity contribution in [1.82, 2.24) is 4.90 Å². The SMILES string of the molecule is CCOc1cc(C(=O)N2CCN=C2SCc2ccc(C)cc2)cc(OCC)c1OCC. The Kier molecular flexibility index (Phi) is 8.23. The number of amidine groups is 1. The zero-order chi connectivity index (χ0) is 22.2.